The monoisotopic (exact) mass is 475 g/mol. The summed E-state index contributed by atoms with van der Waals surface area (Å²) in [4.78, 5) is 24.3. The number of benzene rings is 2. The molecular weight excluding hydrogens is 450 g/mol. The number of rotatable bonds is 6. The lowest BCUT2D eigenvalue weighted by atomic mass is 9.84. The van der Waals surface area contributed by atoms with Gasteiger partial charge in [-0.05, 0) is 48.4 Å². The van der Waals surface area contributed by atoms with Crippen molar-refractivity contribution in [3.05, 3.63) is 52.0 Å². The summed E-state index contributed by atoms with van der Waals surface area (Å²) in [6.45, 7) is 7.31. The van der Waals surface area contributed by atoms with Gasteiger partial charge in [0.25, 0.3) is 0 Å². The van der Waals surface area contributed by atoms with Crippen molar-refractivity contribution < 1.29 is 19.1 Å². The number of carbonyl (C=O) groups is 2. The number of nitrogens with one attached hydrogen (secondary N) is 3. The molecular formula is C22H26BrN3O4. The third-order valence-corrected chi connectivity index (χ3v) is 5.38. The van der Waals surface area contributed by atoms with Crippen LogP contribution in [0.1, 0.15) is 25.0 Å². The van der Waals surface area contributed by atoms with E-state index >= 15 is 0 Å². The number of urea groups is 1. The molecule has 2 aromatic rings. The van der Waals surface area contributed by atoms with Crippen LogP contribution >= 0.6 is 15.9 Å². The minimum atomic E-state index is -0.400. The minimum absolute atomic E-state index is 0.119. The molecule has 8 heteroatoms. The highest BCUT2D eigenvalue weighted by atomic mass is 79.9. The summed E-state index contributed by atoms with van der Waals surface area (Å²) in [5.74, 6) is 1.16. The van der Waals surface area contributed by atoms with Crippen LogP contribution in [0.15, 0.2) is 40.9 Å². The van der Waals surface area contributed by atoms with Gasteiger partial charge in [-0.1, -0.05) is 35.8 Å². The van der Waals surface area contributed by atoms with E-state index in [1.54, 1.807) is 0 Å². The maximum Gasteiger partial charge on any atom is 0.315 e. The molecule has 2 aromatic carbocycles. The van der Waals surface area contributed by atoms with E-state index in [0.717, 1.165) is 27.1 Å². The summed E-state index contributed by atoms with van der Waals surface area (Å²) in [5.41, 5.74) is 2.34. The van der Waals surface area contributed by atoms with Gasteiger partial charge in [-0.2, -0.15) is 0 Å². The normalized spacial score (nSPS) is 12.8. The molecule has 0 atom stereocenters. The minimum Gasteiger partial charge on any atom is -0.486 e. The van der Waals surface area contributed by atoms with Crippen molar-refractivity contribution in [3.63, 3.8) is 0 Å². The Morgan fingerprint density at radius 2 is 1.77 bits per heavy atom. The molecule has 0 spiro atoms. The quantitative estimate of drug-likeness (QED) is 0.593. The molecule has 1 heterocycles. The van der Waals surface area contributed by atoms with Crippen molar-refractivity contribution in [2.75, 3.05) is 31.6 Å². The van der Waals surface area contributed by atoms with E-state index in [1.807, 2.05) is 57.2 Å². The molecule has 0 bridgehead atoms. The zero-order valence-electron chi connectivity index (χ0n) is 17.3. The first-order chi connectivity index (χ1) is 14.2. The Balaban J connectivity index is 1.48. The Kier molecular flexibility index (Phi) is 6.87. The lowest BCUT2D eigenvalue weighted by Gasteiger charge is -2.27. The highest BCUT2D eigenvalue weighted by Gasteiger charge is 2.24. The molecule has 0 saturated carbocycles. The number of halogens is 1. The SMILES string of the molecule is Cc1cc(Br)ccc1NC(=O)CNC(=O)NCC(C)(C)c1ccc2c(c1)OCCO2. The number of carbonyl (C=O) groups excluding carboxylic acids is 2. The molecule has 3 N–H and O–H groups in total. The summed E-state index contributed by atoms with van der Waals surface area (Å²) < 4.78 is 12.1. The fraction of sp³-hybridized carbons (Fsp3) is 0.364. The summed E-state index contributed by atoms with van der Waals surface area (Å²) in [7, 11) is 0. The Bertz CT molecular complexity index is 946. The molecule has 0 aliphatic carbocycles. The molecule has 0 fully saturated rings. The standard InChI is InChI=1S/C22H26BrN3O4/c1-14-10-16(23)5-6-17(14)26-20(27)12-24-21(28)25-13-22(2,3)15-4-7-18-19(11-15)30-9-8-29-18/h4-7,10-11H,8-9,12-13H2,1-3H3,(H,26,27)(H2,24,25,28). The van der Waals surface area contributed by atoms with Crippen LogP contribution < -0.4 is 25.4 Å². The summed E-state index contributed by atoms with van der Waals surface area (Å²) in [6, 6.07) is 11.0. The van der Waals surface area contributed by atoms with E-state index in [0.29, 0.717) is 25.4 Å². The van der Waals surface area contributed by atoms with Crippen LogP contribution in [0.5, 0.6) is 11.5 Å². The molecule has 1 aliphatic rings. The summed E-state index contributed by atoms with van der Waals surface area (Å²) >= 11 is 3.39. The average molecular weight is 476 g/mol. The van der Waals surface area contributed by atoms with Crippen LogP contribution in [-0.2, 0) is 10.2 Å². The van der Waals surface area contributed by atoms with Crippen LogP contribution in [0.4, 0.5) is 10.5 Å². The lowest BCUT2D eigenvalue weighted by molar-refractivity contribution is -0.115. The van der Waals surface area contributed by atoms with E-state index < -0.39 is 6.03 Å². The van der Waals surface area contributed by atoms with Crippen LogP contribution in [0.3, 0.4) is 0 Å². The first-order valence-electron chi connectivity index (χ1n) is 9.72. The van der Waals surface area contributed by atoms with Crippen molar-refractivity contribution >= 4 is 33.6 Å². The highest BCUT2D eigenvalue weighted by molar-refractivity contribution is 9.10. The van der Waals surface area contributed by atoms with Gasteiger partial charge in [-0.3, -0.25) is 4.79 Å². The number of hydrogen-bond donors (Lipinski definition) is 3. The topological polar surface area (TPSA) is 88.7 Å². The first-order valence-corrected chi connectivity index (χ1v) is 10.5. The Labute approximate surface area is 184 Å². The second-order valence-corrected chi connectivity index (χ2v) is 8.70. The summed E-state index contributed by atoms with van der Waals surface area (Å²) in [6.07, 6.45) is 0. The molecule has 160 valence electrons. The number of aryl methyl sites for hydroxylation is 1. The number of ether oxygens (including phenoxy) is 2. The van der Waals surface area contributed by atoms with E-state index in [1.165, 1.54) is 0 Å². The zero-order valence-corrected chi connectivity index (χ0v) is 18.9. The maximum atomic E-state index is 12.2. The molecule has 7 nitrogen and oxygen atoms in total. The second-order valence-electron chi connectivity index (χ2n) is 7.79. The first kappa shape index (κ1) is 22.0. The van der Waals surface area contributed by atoms with Gasteiger partial charge in [0.2, 0.25) is 5.91 Å². The van der Waals surface area contributed by atoms with Crippen molar-refractivity contribution in [2.45, 2.75) is 26.2 Å². The number of hydrogen-bond acceptors (Lipinski definition) is 4. The van der Waals surface area contributed by atoms with E-state index in [2.05, 4.69) is 31.9 Å². The van der Waals surface area contributed by atoms with Crippen LogP contribution in [0.2, 0.25) is 0 Å². The molecule has 0 aromatic heterocycles. The van der Waals surface area contributed by atoms with Gasteiger partial charge in [-0.25, -0.2) is 4.79 Å². The van der Waals surface area contributed by atoms with E-state index in [9.17, 15) is 9.59 Å². The van der Waals surface area contributed by atoms with Gasteiger partial charge >= 0.3 is 6.03 Å². The Hall–Kier alpha value is -2.74. The van der Waals surface area contributed by atoms with Gasteiger partial charge in [0.15, 0.2) is 11.5 Å². The molecule has 0 unspecified atom stereocenters. The van der Waals surface area contributed by atoms with Gasteiger partial charge in [0.1, 0.15) is 13.2 Å². The third-order valence-electron chi connectivity index (χ3n) is 4.89. The number of fused-ring (bicyclic) bond motifs is 1. The lowest BCUT2D eigenvalue weighted by Crippen LogP contribution is -2.44. The van der Waals surface area contributed by atoms with Crippen molar-refractivity contribution in [1.82, 2.24) is 10.6 Å². The molecule has 3 rings (SSSR count). The molecule has 1 aliphatic heterocycles. The van der Waals surface area contributed by atoms with Gasteiger partial charge in [0.05, 0.1) is 6.54 Å². The smallest absolute Gasteiger partial charge is 0.315 e. The predicted molar refractivity (Wildman–Crippen MR) is 119 cm³/mol. The highest BCUT2D eigenvalue weighted by Crippen LogP contribution is 2.34. The van der Waals surface area contributed by atoms with E-state index in [4.69, 9.17) is 9.47 Å². The maximum absolute atomic E-state index is 12.2. The van der Waals surface area contributed by atoms with Crippen LogP contribution in [0, 0.1) is 6.92 Å². The zero-order chi connectivity index (χ0) is 21.7. The Morgan fingerprint density at radius 1 is 1.03 bits per heavy atom. The number of anilines is 1. The second kappa shape index (κ2) is 9.38. The predicted octanol–water partition coefficient (Wildman–Crippen LogP) is 3.74. The molecule has 0 radical (unpaired) electrons. The largest absolute Gasteiger partial charge is 0.486 e. The van der Waals surface area contributed by atoms with Gasteiger partial charge in [-0.15, -0.1) is 0 Å². The van der Waals surface area contributed by atoms with Crippen molar-refractivity contribution in [2.24, 2.45) is 0 Å². The third kappa shape index (κ3) is 5.66. The van der Waals surface area contributed by atoms with Crippen LogP contribution in [-0.4, -0.2) is 38.2 Å². The average Bonchev–Trinajstić information content (AvgIpc) is 2.72. The Morgan fingerprint density at radius 3 is 2.50 bits per heavy atom. The fourth-order valence-corrected chi connectivity index (χ4v) is 3.53. The molecule has 0 saturated heterocycles. The van der Waals surface area contributed by atoms with Crippen LogP contribution in [0.25, 0.3) is 0 Å². The van der Waals surface area contributed by atoms with Gasteiger partial charge < -0.3 is 25.4 Å². The molecule has 3 amide bonds. The summed E-state index contributed by atoms with van der Waals surface area (Å²) in [5, 5.41) is 8.21. The van der Waals surface area contributed by atoms with E-state index in [-0.39, 0.29) is 17.9 Å². The van der Waals surface area contributed by atoms with Gasteiger partial charge in [0, 0.05) is 22.1 Å². The number of amides is 3. The van der Waals surface area contributed by atoms with Crippen molar-refractivity contribution in [3.8, 4) is 11.5 Å². The fourth-order valence-electron chi connectivity index (χ4n) is 3.05. The van der Waals surface area contributed by atoms with Crippen molar-refractivity contribution in [1.29, 1.82) is 0 Å². The molecule has 30 heavy (non-hydrogen) atoms.